The van der Waals surface area contributed by atoms with Crippen molar-refractivity contribution in [2.24, 2.45) is 0 Å². The first-order chi connectivity index (χ1) is 15.7. The number of aromatic nitrogens is 2. The van der Waals surface area contributed by atoms with Gasteiger partial charge in [-0.1, -0.05) is 54.1 Å². The maximum Gasteiger partial charge on any atom is 0.410 e. The molecule has 2 N–H and O–H groups in total. The second-order valence-electron chi connectivity index (χ2n) is 7.82. The van der Waals surface area contributed by atoms with Gasteiger partial charge in [-0.05, 0) is 30.2 Å². The molecule has 0 saturated carbocycles. The van der Waals surface area contributed by atoms with Crippen molar-refractivity contribution in [2.45, 2.75) is 37.6 Å². The average Bonchev–Trinajstić information content (AvgIpc) is 3.15. The Balaban J connectivity index is 1.65. The minimum atomic E-state index is -4.58. The number of amides is 1. The fourth-order valence-electron chi connectivity index (χ4n) is 3.88. The van der Waals surface area contributed by atoms with Crippen molar-refractivity contribution in [2.75, 3.05) is 12.4 Å². The van der Waals surface area contributed by atoms with Crippen molar-refractivity contribution in [1.29, 1.82) is 0 Å². The number of carbonyl (C=O) groups excluding carboxylic acids is 1. The number of nitrogens with zero attached hydrogens (tertiary/aromatic N) is 2. The molecule has 33 heavy (non-hydrogen) atoms. The molecule has 0 aliphatic carbocycles. The summed E-state index contributed by atoms with van der Waals surface area (Å²) in [5, 5.41) is 9.60. The molecule has 3 atom stereocenters. The van der Waals surface area contributed by atoms with Gasteiger partial charge < -0.3 is 15.4 Å². The number of fused-ring (bicyclic) bond motifs is 1. The largest absolute Gasteiger partial charge is 0.497 e. The van der Waals surface area contributed by atoms with Crippen molar-refractivity contribution in [3.63, 3.8) is 0 Å². The predicted octanol–water partition coefficient (Wildman–Crippen LogP) is 5.70. The molecule has 0 fully saturated rings. The smallest absolute Gasteiger partial charge is 0.410 e. The van der Waals surface area contributed by atoms with Crippen LogP contribution >= 0.6 is 11.6 Å². The van der Waals surface area contributed by atoms with Gasteiger partial charge in [0, 0.05) is 6.42 Å². The van der Waals surface area contributed by atoms with Crippen LogP contribution in [0, 0.1) is 0 Å². The number of ether oxygens (including phenoxy) is 1. The molecule has 0 radical (unpaired) electrons. The lowest BCUT2D eigenvalue weighted by molar-refractivity contribution is -0.173. The zero-order valence-corrected chi connectivity index (χ0v) is 18.6. The Morgan fingerprint density at radius 3 is 2.48 bits per heavy atom. The van der Waals surface area contributed by atoms with Crippen molar-refractivity contribution in [3.8, 4) is 5.75 Å². The number of benzene rings is 2. The van der Waals surface area contributed by atoms with Gasteiger partial charge in [0.25, 0.3) is 5.91 Å². The van der Waals surface area contributed by atoms with Gasteiger partial charge in [0.05, 0.1) is 19.2 Å². The Morgan fingerprint density at radius 2 is 1.88 bits per heavy atom. The summed E-state index contributed by atoms with van der Waals surface area (Å²) in [6.45, 7) is 1.77. The zero-order chi connectivity index (χ0) is 23.8. The molecule has 2 heterocycles. The molecule has 0 bridgehead atoms. The summed E-state index contributed by atoms with van der Waals surface area (Å²) in [6, 6.07) is 12.9. The Hall–Kier alpha value is -3.20. The van der Waals surface area contributed by atoms with Crippen LogP contribution in [0.15, 0.2) is 54.6 Å². The lowest BCUT2D eigenvalue weighted by atomic mass is 9.97. The fraction of sp³-hybridized carbons (Fsp3) is 0.304. The SMILES string of the molecule is COc1ccc([C@H]2C[C@@H](C(F)(F)F)n3nc(C(=O)N[C@@H](C)c4ccccc4)c(Cl)c3N2)cc1. The summed E-state index contributed by atoms with van der Waals surface area (Å²) in [5.41, 5.74) is 1.22. The van der Waals surface area contributed by atoms with E-state index in [0.717, 1.165) is 10.2 Å². The summed E-state index contributed by atoms with van der Waals surface area (Å²) in [6.07, 6.45) is -4.88. The molecule has 6 nitrogen and oxygen atoms in total. The van der Waals surface area contributed by atoms with Crippen molar-refractivity contribution in [1.82, 2.24) is 15.1 Å². The summed E-state index contributed by atoms with van der Waals surface area (Å²) in [7, 11) is 1.51. The summed E-state index contributed by atoms with van der Waals surface area (Å²) in [5.74, 6) is -0.0953. The van der Waals surface area contributed by atoms with E-state index in [2.05, 4.69) is 15.7 Å². The zero-order valence-electron chi connectivity index (χ0n) is 17.9. The highest BCUT2D eigenvalue weighted by Gasteiger charge is 2.47. The molecule has 2 aromatic carbocycles. The monoisotopic (exact) mass is 478 g/mol. The third-order valence-corrected chi connectivity index (χ3v) is 6.03. The molecule has 10 heteroatoms. The Morgan fingerprint density at radius 1 is 1.21 bits per heavy atom. The quantitative estimate of drug-likeness (QED) is 0.494. The van der Waals surface area contributed by atoms with E-state index in [9.17, 15) is 18.0 Å². The highest BCUT2D eigenvalue weighted by atomic mass is 35.5. The highest BCUT2D eigenvalue weighted by Crippen LogP contribution is 2.46. The maximum atomic E-state index is 13.9. The molecular formula is C23H22ClF3N4O2. The van der Waals surface area contributed by atoms with Gasteiger partial charge in [0.1, 0.15) is 16.6 Å². The molecule has 1 amide bonds. The number of carbonyl (C=O) groups is 1. The predicted molar refractivity (Wildman–Crippen MR) is 119 cm³/mol. The molecule has 0 spiro atoms. The van der Waals surface area contributed by atoms with Crippen molar-refractivity contribution >= 4 is 23.3 Å². The Labute approximate surface area is 193 Å². The van der Waals surface area contributed by atoms with Crippen LogP contribution in [-0.4, -0.2) is 29.0 Å². The van der Waals surface area contributed by atoms with Crippen LogP contribution in [0.4, 0.5) is 19.0 Å². The van der Waals surface area contributed by atoms with Crippen LogP contribution in [-0.2, 0) is 0 Å². The van der Waals surface area contributed by atoms with Gasteiger partial charge in [-0.15, -0.1) is 0 Å². The van der Waals surface area contributed by atoms with Crippen LogP contribution in [0.1, 0.15) is 53.1 Å². The number of hydrogen-bond donors (Lipinski definition) is 2. The lowest BCUT2D eigenvalue weighted by Crippen LogP contribution is -2.36. The molecule has 174 valence electrons. The summed E-state index contributed by atoms with van der Waals surface area (Å²) < 4.78 is 47.7. The minimum absolute atomic E-state index is 0.0384. The van der Waals surface area contributed by atoms with Gasteiger partial charge in [-0.3, -0.25) is 4.79 Å². The molecule has 1 aliphatic rings. The van der Waals surface area contributed by atoms with Gasteiger partial charge in [-0.25, -0.2) is 4.68 Å². The average molecular weight is 479 g/mol. The second-order valence-corrected chi connectivity index (χ2v) is 8.20. The lowest BCUT2D eigenvalue weighted by Gasteiger charge is -2.33. The van der Waals surface area contributed by atoms with Crippen molar-refractivity contribution in [3.05, 3.63) is 76.4 Å². The molecule has 1 aliphatic heterocycles. The van der Waals surface area contributed by atoms with E-state index in [1.807, 2.05) is 30.3 Å². The number of anilines is 1. The van der Waals surface area contributed by atoms with E-state index < -0.39 is 24.2 Å². The first-order valence-electron chi connectivity index (χ1n) is 10.3. The third-order valence-electron chi connectivity index (χ3n) is 5.68. The number of alkyl halides is 3. The second kappa shape index (κ2) is 8.97. The van der Waals surface area contributed by atoms with E-state index in [0.29, 0.717) is 11.3 Å². The van der Waals surface area contributed by atoms with Crippen LogP contribution < -0.4 is 15.4 Å². The summed E-state index contributed by atoms with van der Waals surface area (Å²) >= 11 is 6.39. The van der Waals surface area contributed by atoms with E-state index >= 15 is 0 Å². The van der Waals surface area contributed by atoms with Crippen LogP contribution in [0.25, 0.3) is 0 Å². The molecular weight excluding hydrogens is 457 g/mol. The maximum absolute atomic E-state index is 13.9. The number of hydrogen-bond acceptors (Lipinski definition) is 4. The van der Waals surface area contributed by atoms with Crippen molar-refractivity contribution < 1.29 is 22.7 Å². The molecule has 1 aromatic heterocycles. The molecule has 0 saturated heterocycles. The fourth-order valence-corrected chi connectivity index (χ4v) is 4.14. The minimum Gasteiger partial charge on any atom is -0.497 e. The van der Waals surface area contributed by atoms with Crippen LogP contribution in [0.5, 0.6) is 5.75 Å². The van der Waals surface area contributed by atoms with Crippen LogP contribution in [0.3, 0.4) is 0 Å². The van der Waals surface area contributed by atoms with E-state index in [1.165, 1.54) is 7.11 Å². The number of methoxy groups -OCH3 is 1. The third kappa shape index (κ3) is 4.64. The molecule has 0 unspecified atom stereocenters. The van der Waals surface area contributed by atoms with Gasteiger partial charge in [-0.2, -0.15) is 18.3 Å². The first-order valence-corrected chi connectivity index (χ1v) is 10.7. The van der Waals surface area contributed by atoms with Gasteiger partial charge in [0.15, 0.2) is 11.7 Å². The normalized spacial score (nSPS) is 18.7. The Kier molecular flexibility index (Phi) is 6.25. The van der Waals surface area contributed by atoms with Gasteiger partial charge >= 0.3 is 6.18 Å². The van der Waals surface area contributed by atoms with E-state index in [4.69, 9.17) is 16.3 Å². The van der Waals surface area contributed by atoms with E-state index in [1.54, 1.807) is 31.2 Å². The molecule has 3 aromatic rings. The van der Waals surface area contributed by atoms with Crippen LogP contribution in [0.2, 0.25) is 5.02 Å². The van der Waals surface area contributed by atoms with E-state index in [-0.39, 0.29) is 29.0 Å². The van der Waals surface area contributed by atoms with Gasteiger partial charge in [0.2, 0.25) is 0 Å². The topological polar surface area (TPSA) is 68.2 Å². The number of rotatable bonds is 5. The number of halogens is 4. The summed E-state index contributed by atoms with van der Waals surface area (Å²) in [4.78, 5) is 12.9. The molecule has 4 rings (SSSR count). The highest BCUT2D eigenvalue weighted by molar-refractivity contribution is 6.36. The first kappa shape index (κ1) is 23.0. The standard InChI is InChI=1S/C23H22ClF3N4O2/c1-13(14-6-4-3-5-7-14)28-22(32)20-19(24)21-29-17(15-8-10-16(33-2)11-9-15)12-18(23(25,26)27)31(21)30-20/h3-11,13,17-18,29H,12H2,1-2H3,(H,28,32)/t13-,17+,18-/m0/s1. The number of nitrogens with one attached hydrogen (secondary N) is 2. The Bertz CT molecular complexity index is 1130.